The minimum absolute atomic E-state index is 0.0223. The molecule has 1 rings (SSSR count). The molecule has 0 unspecified atom stereocenters. The van der Waals surface area contributed by atoms with E-state index in [1.54, 1.807) is 0 Å². The van der Waals surface area contributed by atoms with Crippen LogP contribution in [0.1, 0.15) is 42.7 Å². The number of hydrogen-bond acceptors (Lipinski definition) is 4. The molecule has 0 aliphatic heterocycles. The van der Waals surface area contributed by atoms with Crippen LogP contribution in [0.25, 0.3) is 0 Å². The molecule has 1 heterocycles. The lowest BCUT2D eigenvalue weighted by Crippen LogP contribution is -2.33. The Morgan fingerprint density at radius 1 is 1.40 bits per heavy atom. The molecule has 1 N–H and O–H groups in total. The van der Waals surface area contributed by atoms with Crippen molar-refractivity contribution in [3.63, 3.8) is 0 Å². The Morgan fingerprint density at radius 2 is 2.05 bits per heavy atom. The highest BCUT2D eigenvalue weighted by molar-refractivity contribution is 8.00. The highest BCUT2D eigenvalue weighted by atomic mass is 32.2. The van der Waals surface area contributed by atoms with Gasteiger partial charge in [0.2, 0.25) is 5.91 Å². The molecule has 1 amide bonds. The van der Waals surface area contributed by atoms with Crippen LogP contribution in [0.4, 0.5) is 0 Å². The Labute approximate surface area is 125 Å². The Balaban J connectivity index is 2.84. The lowest BCUT2D eigenvalue weighted by Gasteiger charge is -2.13. The molecule has 0 saturated carbocycles. The maximum atomic E-state index is 11.8. The molecule has 108 valence electrons. The van der Waals surface area contributed by atoms with E-state index in [0.717, 1.165) is 23.2 Å². The van der Waals surface area contributed by atoms with Gasteiger partial charge < -0.3 is 5.32 Å². The quantitative estimate of drug-likeness (QED) is 0.847. The summed E-state index contributed by atoms with van der Waals surface area (Å²) in [6.07, 6.45) is 0.904. The van der Waals surface area contributed by atoms with Gasteiger partial charge in [0.15, 0.2) is 0 Å². The molecular weight excluding hydrogens is 270 g/mol. The smallest absolute Gasteiger partial charge is 0.230 e. The average Bonchev–Trinajstić information content (AvgIpc) is 2.42. The molecular formula is C15H21N3OS. The highest BCUT2D eigenvalue weighted by Crippen LogP contribution is 2.26. The first kappa shape index (κ1) is 16.5. The maximum Gasteiger partial charge on any atom is 0.230 e. The van der Waals surface area contributed by atoms with Gasteiger partial charge in [0.05, 0.1) is 11.3 Å². The van der Waals surface area contributed by atoms with Crippen LogP contribution in [0.2, 0.25) is 0 Å². The van der Waals surface area contributed by atoms with Gasteiger partial charge >= 0.3 is 0 Å². The van der Waals surface area contributed by atoms with Crippen LogP contribution in [0, 0.1) is 32.1 Å². The number of nitriles is 1. The predicted octanol–water partition coefficient (Wildman–Crippen LogP) is 2.89. The number of hydrogen-bond donors (Lipinski definition) is 1. The first-order valence-electron chi connectivity index (χ1n) is 6.70. The fourth-order valence-corrected chi connectivity index (χ4v) is 2.60. The standard InChI is InChI=1S/C15H21N3OS/c1-6-9(2)17-14(19)8-20-15-13(7-16)11(4)10(3)12(5)18-15/h9H,6,8H2,1-5H3,(H,17,19)/t9-/m1/s1. The van der Waals surface area contributed by atoms with E-state index in [9.17, 15) is 10.1 Å². The Morgan fingerprint density at radius 3 is 2.60 bits per heavy atom. The fraction of sp³-hybridized carbons (Fsp3) is 0.533. The van der Waals surface area contributed by atoms with Crippen molar-refractivity contribution in [2.24, 2.45) is 0 Å². The number of nitrogens with one attached hydrogen (secondary N) is 1. The van der Waals surface area contributed by atoms with Gasteiger partial charge in [-0.15, -0.1) is 0 Å². The second-order valence-corrected chi connectivity index (χ2v) is 5.87. The molecule has 0 saturated heterocycles. The van der Waals surface area contributed by atoms with Crippen molar-refractivity contribution in [1.82, 2.24) is 10.3 Å². The van der Waals surface area contributed by atoms with E-state index in [1.165, 1.54) is 11.8 Å². The number of amides is 1. The summed E-state index contributed by atoms with van der Waals surface area (Å²) in [6.45, 7) is 9.81. The number of nitrogens with zero attached hydrogens (tertiary/aromatic N) is 2. The minimum Gasteiger partial charge on any atom is -0.353 e. The summed E-state index contributed by atoms with van der Waals surface area (Å²) < 4.78 is 0. The summed E-state index contributed by atoms with van der Waals surface area (Å²) in [4.78, 5) is 16.2. The van der Waals surface area contributed by atoms with Crippen molar-refractivity contribution in [3.8, 4) is 6.07 Å². The zero-order valence-electron chi connectivity index (χ0n) is 12.7. The van der Waals surface area contributed by atoms with E-state index in [4.69, 9.17) is 0 Å². The molecule has 4 nitrogen and oxygen atoms in total. The molecule has 1 atom stereocenters. The molecule has 1 aromatic rings. The summed E-state index contributed by atoms with van der Waals surface area (Å²) in [6, 6.07) is 2.37. The third-order valence-electron chi connectivity index (χ3n) is 3.43. The van der Waals surface area contributed by atoms with E-state index in [2.05, 4.69) is 16.4 Å². The molecule has 0 aliphatic rings. The van der Waals surface area contributed by atoms with Crippen molar-refractivity contribution in [3.05, 3.63) is 22.4 Å². The summed E-state index contributed by atoms with van der Waals surface area (Å²) in [7, 11) is 0. The number of pyridine rings is 1. The van der Waals surface area contributed by atoms with Gasteiger partial charge in [-0.1, -0.05) is 18.7 Å². The molecule has 0 spiro atoms. The van der Waals surface area contributed by atoms with Crippen molar-refractivity contribution in [2.45, 2.75) is 52.1 Å². The number of aromatic nitrogens is 1. The average molecular weight is 291 g/mol. The monoisotopic (exact) mass is 291 g/mol. The highest BCUT2D eigenvalue weighted by Gasteiger charge is 2.14. The Hall–Kier alpha value is -1.54. The number of carbonyl (C=O) groups is 1. The van der Waals surface area contributed by atoms with Crippen LogP contribution in [-0.2, 0) is 4.79 Å². The molecule has 1 aromatic heterocycles. The lowest BCUT2D eigenvalue weighted by molar-refractivity contribution is -0.119. The summed E-state index contributed by atoms with van der Waals surface area (Å²) in [5, 5.41) is 12.8. The number of carbonyl (C=O) groups excluding carboxylic acids is 1. The van der Waals surface area contributed by atoms with Crippen molar-refractivity contribution in [2.75, 3.05) is 5.75 Å². The first-order chi connectivity index (χ1) is 9.40. The van der Waals surface area contributed by atoms with Gasteiger partial charge in [0.25, 0.3) is 0 Å². The van der Waals surface area contributed by atoms with E-state index in [-0.39, 0.29) is 17.7 Å². The number of aryl methyl sites for hydroxylation is 1. The third-order valence-corrected chi connectivity index (χ3v) is 4.41. The van der Waals surface area contributed by atoms with Gasteiger partial charge in [0, 0.05) is 11.7 Å². The van der Waals surface area contributed by atoms with Crippen LogP contribution in [0.15, 0.2) is 5.03 Å². The van der Waals surface area contributed by atoms with E-state index >= 15 is 0 Å². The molecule has 0 fully saturated rings. The van der Waals surface area contributed by atoms with E-state index in [1.807, 2.05) is 34.6 Å². The van der Waals surface area contributed by atoms with Crippen LogP contribution < -0.4 is 5.32 Å². The molecule has 0 bridgehead atoms. The van der Waals surface area contributed by atoms with Crippen molar-refractivity contribution < 1.29 is 4.79 Å². The van der Waals surface area contributed by atoms with Gasteiger partial charge in [0.1, 0.15) is 11.1 Å². The Bertz CT molecular complexity index is 549. The fourth-order valence-electron chi connectivity index (χ4n) is 1.70. The molecule has 20 heavy (non-hydrogen) atoms. The van der Waals surface area contributed by atoms with Gasteiger partial charge in [-0.2, -0.15) is 5.26 Å². The first-order valence-corrected chi connectivity index (χ1v) is 7.69. The molecule has 5 heteroatoms. The Kier molecular flexibility index (Phi) is 6.03. The maximum absolute atomic E-state index is 11.8. The summed E-state index contributed by atoms with van der Waals surface area (Å²) in [5.41, 5.74) is 3.47. The topological polar surface area (TPSA) is 65.8 Å². The van der Waals surface area contributed by atoms with Crippen molar-refractivity contribution >= 4 is 17.7 Å². The van der Waals surface area contributed by atoms with Crippen LogP contribution >= 0.6 is 11.8 Å². The zero-order chi connectivity index (χ0) is 15.3. The number of thioether (sulfide) groups is 1. The minimum atomic E-state index is -0.0223. The zero-order valence-corrected chi connectivity index (χ0v) is 13.5. The largest absolute Gasteiger partial charge is 0.353 e. The summed E-state index contributed by atoms with van der Waals surface area (Å²) in [5.74, 6) is 0.263. The second-order valence-electron chi connectivity index (χ2n) is 4.90. The molecule has 0 aliphatic carbocycles. The molecule has 0 radical (unpaired) electrons. The molecule has 0 aromatic carbocycles. The van der Waals surface area contributed by atoms with E-state index < -0.39 is 0 Å². The van der Waals surface area contributed by atoms with Crippen LogP contribution in [-0.4, -0.2) is 22.7 Å². The lowest BCUT2D eigenvalue weighted by atomic mass is 10.1. The van der Waals surface area contributed by atoms with Gasteiger partial charge in [-0.25, -0.2) is 4.98 Å². The van der Waals surface area contributed by atoms with Gasteiger partial charge in [-0.05, 0) is 45.2 Å². The van der Waals surface area contributed by atoms with E-state index in [0.29, 0.717) is 10.6 Å². The van der Waals surface area contributed by atoms with Gasteiger partial charge in [-0.3, -0.25) is 4.79 Å². The van der Waals surface area contributed by atoms with Crippen LogP contribution in [0.3, 0.4) is 0 Å². The SMILES string of the molecule is CC[C@@H](C)NC(=O)CSc1nc(C)c(C)c(C)c1C#N. The summed E-state index contributed by atoms with van der Waals surface area (Å²) >= 11 is 1.32. The van der Waals surface area contributed by atoms with Crippen molar-refractivity contribution in [1.29, 1.82) is 5.26 Å². The van der Waals surface area contributed by atoms with Crippen LogP contribution in [0.5, 0.6) is 0 Å². The normalized spacial score (nSPS) is 11.8. The second kappa shape index (κ2) is 7.30. The predicted molar refractivity (Wildman–Crippen MR) is 81.8 cm³/mol. The third kappa shape index (κ3) is 3.97. The number of rotatable bonds is 5.